The van der Waals surface area contributed by atoms with Gasteiger partial charge in [-0.3, -0.25) is 0 Å². The van der Waals surface area contributed by atoms with E-state index in [4.69, 9.17) is 0 Å². The molecule has 4 rings (SSSR count). The van der Waals surface area contributed by atoms with Crippen molar-refractivity contribution in [1.29, 1.82) is 0 Å². The van der Waals surface area contributed by atoms with Gasteiger partial charge in [-0.25, -0.2) is 30.3 Å². The van der Waals surface area contributed by atoms with Crippen LogP contribution in [0.25, 0.3) is 0 Å². The number of nitrogens with one attached hydrogen (secondary N) is 1. The van der Waals surface area contributed by atoms with Crippen LogP contribution < -0.4 is 4.72 Å². The van der Waals surface area contributed by atoms with E-state index in [0.29, 0.717) is 12.1 Å². The molecule has 2 aromatic carbocycles. The highest BCUT2D eigenvalue weighted by Crippen LogP contribution is 2.52. The summed E-state index contributed by atoms with van der Waals surface area (Å²) in [6, 6.07) is 4.82. The number of alkyl halides is 3. The predicted octanol–water partition coefficient (Wildman–Crippen LogP) is 5.17. The molecule has 1 saturated heterocycles. The van der Waals surface area contributed by atoms with Crippen molar-refractivity contribution in [2.75, 3.05) is 0 Å². The highest BCUT2D eigenvalue weighted by atomic mass is 32.2. The van der Waals surface area contributed by atoms with E-state index in [9.17, 15) is 34.4 Å². The molecule has 0 bridgehead atoms. The molecule has 1 aliphatic heterocycles. The monoisotopic (exact) mass is 551 g/mol. The van der Waals surface area contributed by atoms with E-state index in [1.165, 1.54) is 0 Å². The SMILES string of the molecule is CC(C)[C@@H]1C[C@@H]2C[C@](c3cc(F)ccc3F)(S(=O)(=O)c3ccc(C(F)(F)F)cc3)CC[C@@H]2NS1(=O)=O. The molecule has 2 aliphatic rings. The lowest BCUT2D eigenvalue weighted by atomic mass is 9.72. The second-order valence-electron chi connectivity index (χ2n) is 9.93. The fourth-order valence-corrected chi connectivity index (χ4v) is 9.91. The van der Waals surface area contributed by atoms with Crippen LogP contribution in [0.2, 0.25) is 0 Å². The summed E-state index contributed by atoms with van der Waals surface area (Å²) in [6.07, 6.45) is -4.98. The van der Waals surface area contributed by atoms with Gasteiger partial charge in [-0.1, -0.05) is 13.8 Å². The molecule has 1 saturated carbocycles. The van der Waals surface area contributed by atoms with Gasteiger partial charge in [-0.2, -0.15) is 13.2 Å². The number of benzene rings is 2. The van der Waals surface area contributed by atoms with Crippen LogP contribution in [0.15, 0.2) is 47.4 Å². The number of halogens is 5. The Labute approximate surface area is 207 Å². The Morgan fingerprint density at radius 2 is 1.69 bits per heavy atom. The van der Waals surface area contributed by atoms with Crippen LogP contribution >= 0.6 is 0 Å². The van der Waals surface area contributed by atoms with E-state index >= 15 is 4.39 Å². The highest BCUT2D eigenvalue weighted by Gasteiger charge is 2.55. The largest absolute Gasteiger partial charge is 0.416 e. The minimum absolute atomic E-state index is 0.0323. The van der Waals surface area contributed by atoms with Gasteiger partial charge in [0, 0.05) is 11.6 Å². The zero-order chi connectivity index (χ0) is 26.7. The van der Waals surface area contributed by atoms with Crippen LogP contribution in [0.1, 0.15) is 50.7 Å². The van der Waals surface area contributed by atoms with E-state index in [2.05, 4.69) is 4.72 Å². The highest BCUT2D eigenvalue weighted by molar-refractivity contribution is 7.92. The fraction of sp³-hybridized carbons (Fsp3) is 0.500. The average Bonchev–Trinajstić information content (AvgIpc) is 2.78. The van der Waals surface area contributed by atoms with Gasteiger partial charge in [0.1, 0.15) is 16.4 Å². The van der Waals surface area contributed by atoms with Gasteiger partial charge >= 0.3 is 6.18 Å². The molecule has 0 unspecified atom stereocenters. The maximum Gasteiger partial charge on any atom is 0.416 e. The first-order valence-electron chi connectivity index (χ1n) is 11.5. The van der Waals surface area contributed by atoms with Crippen molar-refractivity contribution in [2.45, 2.75) is 66.6 Å². The van der Waals surface area contributed by atoms with Gasteiger partial charge in [0.05, 0.1) is 15.7 Å². The standard InChI is InChI=1S/C24H26F5NO4S2/c1-14(2)22-11-15-13-23(10-9-21(15)30-36(22,33)34,19-12-17(25)5-8-20(19)26)35(31,32)18-6-3-16(4-7-18)24(27,28)29/h3-8,12,14-15,21-22,30H,9-11,13H2,1-2H3/t15-,21+,22+,23-/m1/s1. The van der Waals surface area contributed by atoms with Crippen molar-refractivity contribution in [1.82, 2.24) is 4.72 Å². The third kappa shape index (κ3) is 4.56. The summed E-state index contributed by atoms with van der Waals surface area (Å²) in [5.41, 5.74) is -1.45. The number of fused-ring (bicyclic) bond motifs is 1. The summed E-state index contributed by atoms with van der Waals surface area (Å²) in [6.45, 7) is 3.46. The third-order valence-electron chi connectivity index (χ3n) is 7.44. The van der Waals surface area contributed by atoms with Crippen LogP contribution in [-0.2, 0) is 30.8 Å². The zero-order valence-corrected chi connectivity index (χ0v) is 21.2. The second-order valence-corrected chi connectivity index (χ2v) is 14.1. The molecule has 198 valence electrons. The first kappa shape index (κ1) is 27.0. The molecule has 5 nitrogen and oxygen atoms in total. The first-order valence-corrected chi connectivity index (χ1v) is 14.5. The van der Waals surface area contributed by atoms with Gasteiger partial charge in [0.2, 0.25) is 10.0 Å². The molecule has 0 spiro atoms. The maximum atomic E-state index is 15.1. The van der Waals surface area contributed by atoms with E-state index in [1.54, 1.807) is 13.8 Å². The van der Waals surface area contributed by atoms with Gasteiger partial charge in [-0.15, -0.1) is 0 Å². The molecule has 4 atom stereocenters. The van der Waals surface area contributed by atoms with Crippen LogP contribution in [-0.4, -0.2) is 28.1 Å². The molecule has 1 N–H and O–H groups in total. The normalized spacial score (nSPS) is 28.6. The number of rotatable bonds is 4. The molecule has 36 heavy (non-hydrogen) atoms. The zero-order valence-electron chi connectivity index (χ0n) is 19.5. The Hall–Kier alpha value is -2.05. The van der Waals surface area contributed by atoms with Crippen LogP contribution in [0.5, 0.6) is 0 Å². The molecule has 2 fully saturated rings. The molecule has 12 heteroatoms. The summed E-state index contributed by atoms with van der Waals surface area (Å²) in [5.74, 6) is -2.61. The van der Waals surface area contributed by atoms with Crippen molar-refractivity contribution in [3.63, 3.8) is 0 Å². The molecule has 0 radical (unpaired) electrons. The molecular weight excluding hydrogens is 525 g/mol. The van der Waals surface area contributed by atoms with Crippen molar-refractivity contribution >= 4 is 19.9 Å². The lowest BCUT2D eigenvalue weighted by Gasteiger charge is -2.48. The molecule has 2 aromatic rings. The van der Waals surface area contributed by atoms with Crippen molar-refractivity contribution in [3.8, 4) is 0 Å². The summed E-state index contributed by atoms with van der Waals surface area (Å²) in [5, 5.41) is -0.805. The minimum Gasteiger partial charge on any atom is -0.223 e. The summed E-state index contributed by atoms with van der Waals surface area (Å²) in [4.78, 5) is -0.450. The van der Waals surface area contributed by atoms with Crippen molar-refractivity contribution in [2.24, 2.45) is 11.8 Å². The molecule has 0 amide bonds. The van der Waals surface area contributed by atoms with E-state index < -0.39 is 75.7 Å². The molecular formula is C24H26F5NO4S2. The van der Waals surface area contributed by atoms with Crippen molar-refractivity contribution < 1.29 is 38.8 Å². The third-order valence-corrected chi connectivity index (χ3v) is 12.1. The maximum absolute atomic E-state index is 15.1. The van der Waals surface area contributed by atoms with Crippen LogP contribution in [0, 0.1) is 23.5 Å². The van der Waals surface area contributed by atoms with Crippen LogP contribution in [0.3, 0.4) is 0 Å². The first-order chi connectivity index (χ1) is 16.6. The van der Waals surface area contributed by atoms with E-state index in [0.717, 1.165) is 30.3 Å². The lowest BCUT2D eigenvalue weighted by Crippen LogP contribution is -2.58. The van der Waals surface area contributed by atoms with Gasteiger partial charge in [0.25, 0.3) is 0 Å². The number of sulfone groups is 1. The topological polar surface area (TPSA) is 80.3 Å². The predicted molar refractivity (Wildman–Crippen MR) is 123 cm³/mol. The second kappa shape index (κ2) is 9.05. The number of sulfonamides is 1. The Bertz CT molecular complexity index is 1360. The van der Waals surface area contributed by atoms with Gasteiger partial charge < -0.3 is 0 Å². The van der Waals surface area contributed by atoms with E-state index in [1.807, 2.05) is 0 Å². The fourth-order valence-electron chi connectivity index (χ4n) is 5.58. The van der Waals surface area contributed by atoms with Gasteiger partial charge in [0.15, 0.2) is 9.84 Å². The molecule has 1 heterocycles. The molecule has 1 aliphatic carbocycles. The summed E-state index contributed by atoms with van der Waals surface area (Å²) < 4.78 is 123. The smallest absolute Gasteiger partial charge is 0.223 e. The molecule has 0 aromatic heterocycles. The average molecular weight is 552 g/mol. The summed E-state index contributed by atoms with van der Waals surface area (Å²) >= 11 is 0. The Morgan fingerprint density at radius 1 is 1.06 bits per heavy atom. The Kier molecular flexibility index (Phi) is 6.79. The van der Waals surface area contributed by atoms with Crippen LogP contribution in [0.4, 0.5) is 22.0 Å². The lowest BCUT2D eigenvalue weighted by molar-refractivity contribution is -0.137. The summed E-state index contributed by atoms with van der Waals surface area (Å²) in [7, 11) is -8.20. The Morgan fingerprint density at radius 3 is 2.28 bits per heavy atom. The Balaban J connectivity index is 1.85. The van der Waals surface area contributed by atoms with E-state index in [-0.39, 0.29) is 31.6 Å². The van der Waals surface area contributed by atoms with Gasteiger partial charge in [-0.05, 0) is 80.0 Å². The number of hydrogen-bond donors (Lipinski definition) is 1. The minimum atomic E-state index is -4.68. The quantitative estimate of drug-likeness (QED) is 0.532. The van der Waals surface area contributed by atoms with Crippen molar-refractivity contribution in [3.05, 3.63) is 65.2 Å². The number of hydrogen-bond acceptors (Lipinski definition) is 4.